The Balaban J connectivity index is 0.000000806. The van der Waals surface area contributed by atoms with Gasteiger partial charge in [0.2, 0.25) is 0 Å². The summed E-state index contributed by atoms with van der Waals surface area (Å²) >= 11 is 0. The molecule has 2 heterocycles. The van der Waals surface area contributed by atoms with Crippen molar-refractivity contribution in [3.05, 3.63) is 72.9 Å². The average Bonchev–Trinajstić information content (AvgIpc) is 3.02. The maximum atomic E-state index is 12.1. The lowest BCUT2D eigenvalue weighted by molar-refractivity contribution is 0.0957. The standard InChI is InChI=1S/C16H18N4O.C4H8.C3H6.C2H6/c1-11-5-3-4-6-13-14(16(21)17-2)19-20(15(11)13)12-7-9-18-10-8-12;1-4(2)3;1-3-2;1-2/h7-10H,1,3-6H2,2H3,(H,17,21);1H2,2-3H3;3H,1H2,2H3;1-2H3. The van der Waals surface area contributed by atoms with E-state index in [2.05, 4.69) is 35.1 Å². The number of hydrogen-bond donors (Lipinski definition) is 1. The summed E-state index contributed by atoms with van der Waals surface area (Å²) in [7, 11) is 1.63. The maximum Gasteiger partial charge on any atom is 0.271 e. The fourth-order valence-electron chi connectivity index (χ4n) is 2.78. The fraction of sp³-hybridized carbons (Fsp3) is 0.400. The molecular weight excluding hydrogens is 372 g/mol. The number of hydrogen-bond acceptors (Lipinski definition) is 3. The van der Waals surface area contributed by atoms with Crippen LogP contribution in [0.1, 0.15) is 75.6 Å². The molecule has 0 saturated heterocycles. The normalized spacial score (nSPS) is 11.6. The second-order valence-corrected chi connectivity index (χ2v) is 6.80. The Morgan fingerprint density at radius 1 is 1.17 bits per heavy atom. The van der Waals surface area contributed by atoms with Gasteiger partial charge in [-0.25, -0.2) is 4.68 Å². The van der Waals surface area contributed by atoms with Crippen molar-refractivity contribution in [3.63, 3.8) is 0 Å². The summed E-state index contributed by atoms with van der Waals surface area (Å²) in [5.74, 6) is -0.145. The molecule has 2 aromatic rings. The van der Waals surface area contributed by atoms with Gasteiger partial charge in [-0.15, -0.1) is 13.2 Å². The lowest BCUT2D eigenvalue weighted by atomic mass is 10.1. The van der Waals surface area contributed by atoms with Crippen LogP contribution >= 0.6 is 0 Å². The van der Waals surface area contributed by atoms with Gasteiger partial charge >= 0.3 is 0 Å². The van der Waals surface area contributed by atoms with E-state index in [0.717, 1.165) is 48.2 Å². The first kappa shape index (κ1) is 27.0. The summed E-state index contributed by atoms with van der Waals surface area (Å²) in [6, 6.07) is 3.78. The second kappa shape index (κ2) is 15.0. The van der Waals surface area contributed by atoms with Crippen molar-refractivity contribution in [1.29, 1.82) is 0 Å². The highest BCUT2D eigenvalue weighted by molar-refractivity contribution is 5.95. The van der Waals surface area contributed by atoms with Gasteiger partial charge < -0.3 is 5.32 Å². The van der Waals surface area contributed by atoms with Crippen LogP contribution in [0.25, 0.3) is 11.3 Å². The minimum atomic E-state index is -0.145. The van der Waals surface area contributed by atoms with Gasteiger partial charge in [-0.05, 0) is 64.2 Å². The fourth-order valence-corrected chi connectivity index (χ4v) is 2.78. The van der Waals surface area contributed by atoms with Crippen LogP contribution in [0.2, 0.25) is 0 Å². The second-order valence-electron chi connectivity index (χ2n) is 6.80. The Morgan fingerprint density at radius 2 is 1.67 bits per heavy atom. The van der Waals surface area contributed by atoms with Gasteiger partial charge in [-0.1, -0.05) is 32.1 Å². The number of carbonyl (C=O) groups excluding carboxylic acids is 1. The van der Waals surface area contributed by atoms with Crippen LogP contribution in [0.5, 0.6) is 0 Å². The predicted octanol–water partition coefficient (Wildman–Crippen LogP) is 6.17. The van der Waals surface area contributed by atoms with Crippen LogP contribution in [0.3, 0.4) is 0 Å². The molecule has 2 aromatic heterocycles. The Bertz CT molecular complexity index is 815. The third kappa shape index (κ3) is 8.19. The van der Waals surface area contributed by atoms with Crippen LogP contribution in [-0.4, -0.2) is 27.7 Å². The van der Waals surface area contributed by atoms with Gasteiger partial charge in [0.1, 0.15) is 0 Å². The van der Waals surface area contributed by atoms with E-state index >= 15 is 0 Å². The first-order valence-corrected chi connectivity index (χ1v) is 10.5. The largest absolute Gasteiger partial charge is 0.354 e. The van der Waals surface area contributed by atoms with Crippen molar-refractivity contribution in [1.82, 2.24) is 20.1 Å². The number of fused-ring (bicyclic) bond motifs is 1. The first-order chi connectivity index (χ1) is 14.4. The molecule has 0 atom stereocenters. The topological polar surface area (TPSA) is 59.8 Å². The van der Waals surface area contributed by atoms with E-state index in [4.69, 9.17) is 0 Å². The quantitative estimate of drug-likeness (QED) is 0.476. The molecule has 1 aliphatic carbocycles. The molecule has 5 nitrogen and oxygen atoms in total. The van der Waals surface area contributed by atoms with Crippen LogP contribution in [0, 0.1) is 0 Å². The Kier molecular flexibility index (Phi) is 13.5. The van der Waals surface area contributed by atoms with Gasteiger partial charge in [-0.2, -0.15) is 5.10 Å². The van der Waals surface area contributed by atoms with Gasteiger partial charge in [0.15, 0.2) is 5.69 Å². The molecule has 1 N–H and O–H groups in total. The summed E-state index contributed by atoms with van der Waals surface area (Å²) in [5, 5.41) is 7.22. The van der Waals surface area contributed by atoms with Crippen LogP contribution in [0.4, 0.5) is 0 Å². The molecule has 0 saturated carbocycles. The van der Waals surface area contributed by atoms with E-state index in [-0.39, 0.29) is 5.91 Å². The molecule has 0 aliphatic heterocycles. The van der Waals surface area contributed by atoms with Crippen molar-refractivity contribution >= 4 is 11.5 Å². The molecule has 0 aromatic carbocycles. The van der Waals surface area contributed by atoms with E-state index in [1.54, 1.807) is 25.5 Å². The minimum absolute atomic E-state index is 0.145. The molecule has 30 heavy (non-hydrogen) atoms. The smallest absolute Gasteiger partial charge is 0.271 e. The lowest BCUT2D eigenvalue weighted by Crippen LogP contribution is -2.20. The number of amides is 1. The number of rotatable bonds is 2. The van der Waals surface area contributed by atoms with E-state index in [0.29, 0.717) is 5.69 Å². The number of allylic oxidation sites excluding steroid dienone is 3. The van der Waals surface area contributed by atoms with Crippen LogP contribution < -0.4 is 5.32 Å². The molecule has 1 aliphatic rings. The van der Waals surface area contributed by atoms with Crippen molar-refractivity contribution in [2.45, 2.75) is 60.3 Å². The SMILES string of the molecule is C=C(C)C.C=C1CCCCc2c(C(=O)NC)nn(-c3ccncc3)c21.C=CC.CC. The Labute approximate surface area is 182 Å². The van der Waals surface area contributed by atoms with Crippen LogP contribution in [-0.2, 0) is 6.42 Å². The Hall–Kier alpha value is -2.95. The van der Waals surface area contributed by atoms with Crippen molar-refractivity contribution in [2.24, 2.45) is 0 Å². The molecule has 0 fully saturated rings. The molecule has 1 amide bonds. The molecule has 0 spiro atoms. The zero-order valence-corrected chi connectivity index (χ0v) is 19.6. The van der Waals surface area contributed by atoms with E-state index in [9.17, 15) is 4.79 Å². The summed E-state index contributed by atoms with van der Waals surface area (Å²) in [6.45, 7) is 20.9. The highest BCUT2D eigenvalue weighted by Crippen LogP contribution is 2.32. The molecule has 0 bridgehead atoms. The summed E-state index contributed by atoms with van der Waals surface area (Å²) < 4.78 is 1.83. The number of nitrogens with zero attached hydrogens (tertiary/aromatic N) is 3. The molecule has 164 valence electrons. The zero-order valence-electron chi connectivity index (χ0n) is 19.6. The van der Waals surface area contributed by atoms with Crippen molar-refractivity contribution in [3.8, 4) is 5.69 Å². The molecule has 0 radical (unpaired) electrons. The lowest BCUT2D eigenvalue weighted by Gasteiger charge is -2.09. The van der Waals surface area contributed by atoms with Gasteiger partial charge in [0, 0.05) is 25.0 Å². The number of nitrogens with one attached hydrogen (secondary N) is 1. The van der Waals surface area contributed by atoms with Gasteiger partial charge in [0.25, 0.3) is 5.91 Å². The number of pyridine rings is 1. The van der Waals surface area contributed by atoms with Gasteiger partial charge in [0.05, 0.1) is 11.4 Å². The van der Waals surface area contributed by atoms with Crippen molar-refractivity contribution in [2.75, 3.05) is 7.05 Å². The first-order valence-electron chi connectivity index (χ1n) is 10.5. The van der Waals surface area contributed by atoms with E-state index < -0.39 is 0 Å². The minimum Gasteiger partial charge on any atom is -0.354 e. The van der Waals surface area contributed by atoms with E-state index in [1.807, 2.05) is 51.4 Å². The highest BCUT2D eigenvalue weighted by atomic mass is 16.1. The molecule has 0 unspecified atom stereocenters. The third-order valence-electron chi connectivity index (χ3n) is 3.82. The average molecular weight is 411 g/mol. The third-order valence-corrected chi connectivity index (χ3v) is 3.82. The molecule has 3 rings (SSSR count). The molecule has 5 heteroatoms. The maximum absolute atomic E-state index is 12.1. The van der Waals surface area contributed by atoms with E-state index in [1.165, 1.54) is 5.57 Å². The Morgan fingerprint density at radius 3 is 2.17 bits per heavy atom. The van der Waals surface area contributed by atoms with Gasteiger partial charge in [-0.3, -0.25) is 9.78 Å². The van der Waals surface area contributed by atoms with Crippen molar-refractivity contribution < 1.29 is 4.79 Å². The summed E-state index contributed by atoms with van der Waals surface area (Å²) in [6.07, 6.45) is 9.15. The number of carbonyl (C=O) groups is 1. The zero-order chi connectivity index (χ0) is 23.1. The molecular formula is C25H38N4O. The predicted molar refractivity (Wildman–Crippen MR) is 129 cm³/mol. The highest BCUT2D eigenvalue weighted by Gasteiger charge is 2.25. The summed E-state index contributed by atoms with van der Waals surface area (Å²) in [4.78, 5) is 16.2. The van der Waals surface area contributed by atoms with Crippen LogP contribution in [0.15, 0.2) is 55.9 Å². The summed E-state index contributed by atoms with van der Waals surface area (Å²) in [5.41, 5.74) is 5.61. The monoisotopic (exact) mass is 410 g/mol. The number of aromatic nitrogens is 3.